The third kappa shape index (κ3) is 3.04. The van der Waals surface area contributed by atoms with Crippen LogP contribution in [0, 0.1) is 5.92 Å². The summed E-state index contributed by atoms with van der Waals surface area (Å²) < 4.78 is 10.9. The summed E-state index contributed by atoms with van der Waals surface area (Å²) >= 11 is 0. The molecule has 0 spiro atoms. The molecule has 5 heteroatoms. The minimum Gasteiger partial charge on any atom is -0.373 e. The first-order valence-corrected chi connectivity index (χ1v) is 7.89. The fourth-order valence-electron chi connectivity index (χ4n) is 3.69. The minimum absolute atomic E-state index is 0.0262. The summed E-state index contributed by atoms with van der Waals surface area (Å²) in [6.45, 7) is 2.14. The molecule has 2 aliphatic rings. The van der Waals surface area contributed by atoms with Gasteiger partial charge in [0.15, 0.2) is 0 Å². The van der Waals surface area contributed by atoms with Crippen LogP contribution < -0.4 is 5.32 Å². The van der Waals surface area contributed by atoms with Crippen LogP contribution >= 0.6 is 0 Å². The first-order valence-electron chi connectivity index (χ1n) is 7.89. The molecule has 0 radical (unpaired) electrons. The van der Waals surface area contributed by atoms with E-state index in [9.17, 15) is 0 Å². The van der Waals surface area contributed by atoms with Crippen molar-refractivity contribution in [1.82, 2.24) is 15.5 Å². The van der Waals surface area contributed by atoms with Crippen molar-refractivity contribution in [3.63, 3.8) is 0 Å². The monoisotopic (exact) mass is 279 g/mol. The van der Waals surface area contributed by atoms with E-state index in [1.807, 2.05) is 0 Å². The summed E-state index contributed by atoms with van der Waals surface area (Å²) in [5.41, 5.74) is 0. The Balaban J connectivity index is 1.59. The molecule has 3 rings (SSSR count). The molecule has 0 amide bonds. The average Bonchev–Trinajstić information content (AvgIpc) is 3.03. The number of hydrogen-bond acceptors (Lipinski definition) is 5. The van der Waals surface area contributed by atoms with Crippen LogP contribution in [0.15, 0.2) is 4.52 Å². The number of fused-ring (bicyclic) bond motifs is 2. The first kappa shape index (κ1) is 14.0. The maximum atomic E-state index is 5.43. The van der Waals surface area contributed by atoms with Crippen LogP contribution in [0.25, 0.3) is 0 Å². The predicted molar refractivity (Wildman–Crippen MR) is 75.3 cm³/mol. The first-order chi connectivity index (χ1) is 9.78. The van der Waals surface area contributed by atoms with Crippen LogP contribution in [0.2, 0.25) is 0 Å². The molecular weight excluding hydrogens is 254 g/mol. The van der Waals surface area contributed by atoms with E-state index in [0.29, 0.717) is 23.8 Å². The molecule has 1 aromatic rings. The van der Waals surface area contributed by atoms with E-state index in [-0.39, 0.29) is 6.10 Å². The Morgan fingerprint density at radius 2 is 2.10 bits per heavy atom. The highest BCUT2D eigenvalue weighted by molar-refractivity contribution is 4.97. The Bertz CT molecular complexity index is 423. The standard InChI is InChI=1S/C15H25N3O2/c1-3-4-13(19-2)15-17-14(20-18-15)9-10-7-11-5-6-12(8-10)16-11/h10-13,16H,3-9H2,1-2H3. The highest BCUT2D eigenvalue weighted by Crippen LogP contribution is 2.32. The molecule has 1 aromatic heterocycles. The van der Waals surface area contributed by atoms with Crippen molar-refractivity contribution in [3.8, 4) is 0 Å². The van der Waals surface area contributed by atoms with Crippen molar-refractivity contribution in [2.24, 2.45) is 5.92 Å². The van der Waals surface area contributed by atoms with Gasteiger partial charge in [-0.2, -0.15) is 4.98 Å². The van der Waals surface area contributed by atoms with E-state index in [1.54, 1.807) is 7.11 Å². The maximum Gasteiger partial charge on any atom is 0.227 e. The highest BCUT2D eigenvalue weighted by atomic mass is 16.5. The third-order valence-corrected chi connectivity index (χ3v) is 4.64. The Labute approximate surface area is 120 Å². The van der Waals surface area contributed by atoms with E-state index >= 15 is 0 Å². The van der Waals surface area contributed by atoms with Gasteiger partial charge in [0.1, 0.15) is 6.10 Å². The van der Waals surface area contributed by atoms with E-state index in [0.717, 1.165) is 25.2 Å². The van der Waals surface area contributed by atoms with Gasteiger partial charge in [-0.15, -0.1) is 0 Å². The van der Waals surface area contributed by atoms with Gasteiger partial charge in [0, 0.05) is 25.6 Å². The van der Waals surface area contributed by atoms with Crippen molar-refractivity contribution < 1.29 is 9.26 Å². The van der Waals surface area contributed by atoms with Crippen LogP contribution in [-0.2, 0) is 11.2 Å². The number of ether oxygens (including phenoxy) is 1. The van der Waals surface area contributed by atoms with Gasteiger partial charge in [0.2, 0.25) is 11.7 Å². The molecular formula is C15H25N3O2. The smallest absolute Gasteiger partial charge is 0.227 e. The molecule has 3 heterocycles. The van der Waals surface area contributed by atoms with Gasteiger partial charge in [-0.25, -0.2) is 0 Å². The molecule has 5 nitrogen and oxygen atoms in total. The predicted octanol–water partition coefficient (Wildman–Crippen LogP) is 2.63. The molecule has 2 fully saturated rings. The van der Waals surface area contributed by atoms with Crippen LogP contribution in [0.1, 0.15) is 63.3 Å². The Hall–Kier alpha value is -0.940. The number of piperidine rings is 1. The Morgan fingerprint density at radius 3 is 2.75 bits per heavy atom. The van der Waals surface area contributed by atoms with Gasteiger partial charge in [0.05, 0.1) is 0 Å². The quantitative estimate of drug-likeness (QED) is 0.867. The van der Waals surface area contributed by atoms with Crippen LogP contribution in [0.5, 0.6) is 0 Å². The van der Waals surface area contributed by atoms with E-state index in [4.69, 9.17) is 9.26 Å². The Morgan fingerprint density at radius 1 is 1.35 bits per heavy atom. The van der Waals surface area contributed by atoms with Crippen molar-refractivity contribution >= 4 is 0 Å². The fourth-order valence-corrected chi connectivity index (χ4v) is 3.69. The molecule has 0 saturated carbocycles. The van der Waals surface area contributed by atoms with Gasteiger partial charge in [-0.3, -0.25) is 0 Å². The minimum atomic E-state index is -0.0262. The number of aromatic nitrogens is 2. The fraction of sp³-hybridized carbons (Fsp3) is 0.867. The number of methoxy groups -OCH3 is 1. The van der Waals surface area contributed by atoms with Gasteiger partial charge >= 0.3 is 0 Å². The molecule has 112 valence electrons. The number of nitrogens with one attached hydrogen (secondary N) is 1. The van der Waals surface area contributed by atoms with Crippen LogP contribution in [0.3, 0.4) is 0 Å². The molecule has 3 unspecified atom stereocenters. The molecule has 2 bridgehead atoms. The summed E-state index contributed by atoms with van der Waals surface area (Å²) in [7, 11) is 1.71. The second-order valence-corrected chi connectivity index (χ2v) is 6.24. The molecule has 3 atom stereocenters. The lowest BCUT2D eigenvalue weighted by Gasteiger charge is -2.28. The second kappa shape index (κ2) is 6.22. The number of rotatable bonds is 6. The lowest BCUT2D eigenvalue weighted by atomic mass is 9.90. The highest BCUT2D eigenvalue weighted by Gasteiger charge is 2.34. The van der Waals surface area contributed by atoms with Crippen molar-refractivity contribution in [2.75, 3.05) is 7.11 Å². The van der Waals surface area contributed by atoms with Gasteiger partial charge in [-0.05, 0) is 38.0 Å². The summed E-state index contributed by atoms with van der Waals surface area (Å²) in [4.78, 5) is 4.54. The molecule has 2 aliphatic heterocycles. The Kier molecular flexibility index (Phi) is 4.36. The van der Waals surface area contributed by atoms with E-state index in [2.05, 4.69) is 22.4 Å². The third-order valence-electron chi connectivity index (χ3n) is 4.64. The van der Waals surface area contributed by atoms with Crippen LogP contribution in [0.4, 0.5) is 0 Å². The lowest BCUT2D eigenvalue weighted by Crippen LogP contribution is -2.38. The van der Waals surface area contributed by atoms with E-state index < -0.39 is 0 Å². The topological polar surface area (TPSA) is 60.2 Å². The summed E-state index contributed by atoms with van der Waals surface area (Å²) in [5, 5.41) is 7.77. The largest absolute Gasteiger partial charge is 0.373 e. The zero-order valence-electron chi connectivity index (χ0n) is 12.5. The average molecular weight is 279 g/mol. The lowest BCUT2D eigenvalue weighted by molar-refractivity contribution is 0.0854. The van der Waals surface area contributed by atoms with Crippen molar-refractivity contribution in [2.45, 2.75) is 70.1 Å². The number of nitrogens with zero attached hydrogens (tertiary/aromatic N) is 2. The van der Waals surface area contributed by atoms with Crippen molar-refractivity contribution in [1.29, 1.82) is 0 Å². The molecule has 2 saturated heterocycles. The van der Waals surface area contributed by atoms with Gasteiger partial charge in [0.25, 0.3) is 0 Å². The summed E-state index contributed by atoms with van der Waals surface area (Å²) in [6.07, 6.45) is 8.05. The second-order valence-electron chi connectivity index (χ2n) is 6.24. The van der Waals surface area contributed by atoms with Crippen LogP contribution in [-0.4, -0.2) is 29.3 Å². The van der Waals surface area contributed by atoms with E-state index in [1.165, 1.54) is 25.7 Å². The molecule has 0 aromatic carbocycles. The molecule has 1 N–H and O–H groups in total. The zero-order valence-corrected chi connectivity index (χ0v) is 12.5. The molecule has 20 heavy (non-hydrogen) atoms. The number of hydrogen-bond donors (Lipinski definition) is 1. The summed E-state index contributed by atoms with van der Waals surface area (Å²) in [5.74, 6) is 2.18. The van der Waals surface area contributed by atoms with Gasteiger partial charge < -0.3 is 14.6 Å². The normalized spacial score (nSPS) is 30.6. The van der Waals surface area contributed by atoms with Crippen molar-refractivity contribution in [3.05, 3.63) is 11.7 Å². The SMILES string of the molecule is CCCC(OC)c1noc(CC2CC3CCC(C2)N3)n1. The van der Waals surface area contributed by atoms with Gasteiger partial charge in [-0.1, -0.05) is 18.5 Å². The summed E-state index contributed by atoms with van der Waals surface area (Å²) in [6, 6.07) is 1.43. The molecule has 0 aliphatic carbocycles. The zero-order chi connectivity index (χ0) is 13.9. The maximum absolute atomic E-state index is 5.43.